The minimum Gasteiger partial charge on any atom is -0.504 e. The number of alkyl halides is 2. The van der Waals surface area contributed by atoms with Crippen molar-refractivity contribution in [1.29, 1.82) is 0 Å². The molecule has 0 saturated carbocycles. The maximum Gasteiger partial charge on any atom is 0.271 e. The molecule has 1 aromatic rings. The fraction of sp³-hybridized carbons (Fsp3) is 0.167. The highest BCUT2D eigenvalue weighted by Gasteiger charge is 2.18. The Morgan fingerprint density at radius 2 is 2.17 bits per heavy atom. The maximum atomic E-state index is 12.1. The second-order valence-electron chi connectivity index (χ2n) is 2.13. The number of anilines is 1. The van der Waals surface area contributed by atoms with E-state index in [1.165, 1.54) is 0 Å². The van der Waals surface area contributed by atoms with Crippen molar-refractivity contribution in [2.75, 3.05) is 5.73 Å². The Kier molecular flexibility index (Phi) is 1.99. The van der Waals surface area contributed by atoms with Gasteiger partial charge in [0.25, 0.3) is 12.0 Å². The number of aromatic nitrogens is 1. The minimum atomic E-state index is -2.99. The number of hydrogen-bond acceptors (Lipinski definition) is 3. The van der Waals surface area contributed by atoms with Crippen LogP contribution in [0.15, 0.2) is 11.0 Å². The first kappa shape index (κ1) is 8.51. The third kappa shape index (κ3) is 1.23. The van der Waals surface area contributed by atoms with Crippen molar-refractivity contribution < 1.29 is 13.9 Å². The van der Waals surface area contributed by atoms with Gasteiger partial charge in [0.1, 0.15) is 5.56 Å². The number of pyridine rings is 1. The molecule has 66 valence electrons. The zero-order chi connectivity index (χ0) is 9.30. The summed E-state index contributed by atoms with van der Waals surface area (Å²) in [4.78, 5) is 12.6. The van der Waals surface area contributed by atoms with E-state index < -0.39 is 29.0 Å². The van der Waals surface area contributed by atoms with Crippen LogP contribution >= 0.6 is 0 Å². The number of nitrogen functional groups attached to an aromatic ring is 1. The number of aromatic amines is 1. The largest absolute Gasteiger partial charge is 0.504 e. The van der Waals surface area contributed by atoms with E-state index in [-0.39, 0.29) is 0 Å². The molecule has 0 unspecified atom stereocenters. The van der Waals surface area contributed by atoms with Gasteiger partial charge in [-0.2, -0.15) is 0 Å². The second kappa shape index (κ2) is 2.80. The Bertz CT molecular complexity index is 348. The highest BCUT2D eigenvalue weighted by molar-refractivity contribution is 5.56. The van der Waals surface area contributed by atoms with Gasteiger partial charge in [0, 0.05) is 6.20 Å². The Hall–Kier alpha value is -1.59. The summed E-state index contributed by atoms with van der Waals surface area (Å²) in [5, 5.41) is 8.84. The van der Waals surface area contributed by atoms with Crippen LogP contribution in [0.3, 0.4) is 0 Å². The Morgan fingerprint density at radius 1 is 1.58 bits per heavy atom. The molecular formula is C6H6F2N2O2. The molecule has 0 spiro atoms. The maximum absolute atomic E-state index is 12.1. The number of halogens is 2. The van der Waals surface area contributed by atoms with Gasteiger partial charge in [0.2, 0.25) is 0 Å². The normalized spacial score (nSPS) is 10.6. The average molecular weight is 176 g/mol. The highest BCUT2D eigenvalue weighted by atomic mass is 19.3. The number of nitrogens with one attached hydrogen (secondary N) is 1. The molecule has 0 radical (unpaired) electrons. The molecule has 0 aliphatic rings. The van der Waals surface area contributed by atoms with Crippen molar-refractivity contribution in [2.24, 2.45) is 0 Å². The summed E-state index contributed by atoms with van der Waals surface area (Å²) < 4.78 is 24.1. The van der Waals surface area contributed by atoms with Gasteiger partial charge in [0.05, 0.1) is 5.69 Å². The standard InChI is InChI=1S/C6H6F2N2O2/c7-5(8)3-4(9)2(11)1-10-6(3)12/h1,5,11H,(H3,9,10,12). The third-order valence-electron chi connectivity index (χ3n) is 1.37. The Labute approximate surface area is 65.6 Å². The van der Waals surface area contributed by atoms with Crippen LogP contribution in [0.2, 0.25) is 0 Å². The van der Waals surface area contributed by atoms with Crippen molar-refractivity contribution in [1.82, 2.24) is 4.98 Å². The summed E-state index contributed by atoms with van der Waals surface area (Å²) in [6.07, 6.45) is -2.12. The van der Waals surface area contributed by atoms with Crippen LogP contribution in [-0.2, 0) is 0 Å². The van der Waals surface area contributed by atoms with E-state index in [0.717, 1.165) is 6.20 Å². The minimum absolute atomic E-state index is 0.551. The molecule has 0 fully saturated rings. The van der Waals surface area contributed by atoms with E-state index in [2.05, 4.69) is 0 Å². The first-order valence-electron chi connectivity index (χ1n) is 3.02. The van der Waals surface area contributed by atoms with Crippen LogP contribution < -0.4 is 11.3 Å². The summed E-state index contributed by atoms with van der Waals surface area (Å²) in [5.41, 5.74) is 2.58. The van der Waals surface area contributed by atoms with Gasteiger partial charge < -0.3 is 15.8 Å². The fourth-order valence-electron chi connectivity index (χ4n) is 0.766. The molecule has 1 rings (SSSR count). The molecule has 4 N–H and O–H groups in total. The lowest BCUT2D eigenvalue weighted by molar-refractivity contribution is 0.150. The van der Waals surface area contributed by atoms with E-state index in [1.807, 2.05) is 4.98 Å². The van der Waals surface area contributed by atoms with E-state index in [1.54, 1.807) is 0 Å². The zero-order valence-corrected chi connectivity index (χ0v) is 5.84. The van der Waals surface area contributed by atoms with E-state index in [0.29, 0.717) is 0 Å². The van der Waals surface area contributed by atoms with Gasteiger partial charge in [-0.05, 0) is 0 Å². The summed E-state index contributed by atoms with van der Waals surface area (Å²) in [5.74, 6) is -0.551. The zero-order valence-electron chi connectivity index (χ0n) is 5.84. The lowest BCUT2D eigenvalue weighted by Crippen LogP contribution is -2.15. The Morgan fingerprint density at radius 3 is 2.58 bits per heavy atom. The summed E-state index contributed by atoms with van der Waals surface area (Å²) in [6.45, 7) is 0. The number of rotatable bonds is 1. The van der Waals surface area contributed by atoms with Crippen molar-refractivity contribution in [2.45, 2.75) is 6.43 Å². The molecular weight excluding hydrogens is 170 g/mol. The van der Waals surface area contributed by atoms with Gasteiger partial charge in [-0.15, -0.1) is 0 Å². The van der Waals surface area contributed by atoms with Gasteiger partial charge >= 0.3 is 0 Å². The SMILES string of the molecule is Nc1c(O)c[nH]c(=O)c1C(F)F. The summed E-state index contributed by atoms with van der Waals surface area (Å²) in [6, 6.07) is 0. The summed E-state index contributed by atoms with van der Waals surface area (Å²) >= 11 is 0. The smallest absolute Gasteiger partial charge is 0.271 e. The average Bonchev–Trinajstić information content (AvgIpc) is 1.97. The van der Waals surface area contributed by atoms with Crippen LogP contribution in [0.25, 0.3) is 0 Å². The van der Waals surface area contributed by atoms with Crippen molar-refractivity contribution in [3.63, 3.8) is 0 Å². The number of nitrogens with two attached hydrogens (primary N) is 1. The van der Waals surface area contributed by atoms with Crippen LogP contribution in [0, 0.1) is 0 Å². The second-order valence-corrected chi connectivity index (χ2v) is 2.13. The predicted octanol–water partition coefficient (Wildman–Crippen LogP) is 0.600. The topological polar surface area (TPSA) is 79.1 Å². The van der Waals surface area contributed by atoms with Crippen molar-refractivity contribution >= 4 is 5.69 Å². The molecule has 0 saturated heterocycles. The first-order chi connectivity index (χ1) is 5.54. The van der Waals surface area contributed by atoms with Crippen LogP contribution in [0.1, 0.15) is 12.0 Å². The molecule has 0 atom stereocenters. The number of hydrogen-bond donors (Lipinski definition) is 3. The lowest BCUT2D eigenvalue weighted by Gasteiger charge is -2.03. The molecule has 12 heavy (non-hydrogen) atoms. The van der Waals surface area contributed by atoms with E-state index in [9.17, 15) is 13.6 Å². The number of aromatic hydroxyl groups is 1. The molecule has 1 heterocycles. The molecule has 0 amide bonds. The number of H-pyrrole nitrogens is 1. The monoisotopic (exact) mass is 176 g/mol. The molecule has 0 aliphatic carbocycles. The summed E-state index contributed by atoms with van der Waals surface area (Å²) in [7, 11) is 0. The first-order valence-corrected chi connectivity index (χ1v) is 3.02. The molecule has 6 heteroatoms. The third-order valence-corrected chi connectivity index (χ3v) is 1.37. The van der Waals surface area contributed by atoms with Crippen LogP contribution in [0.5, 0.6) is 5.75 Å². The molecule has 1 aromatic heterocycles. The quantitative estimate of drug-likeness (QED) is 0.586. The van der Waals surface area contributed by atoms with Gasteiger partial charge in [-0.1, -0.05) is 0 Å². The molecule has 0 bridgehead atoms. The molecule has 4 nitrogen and oxygen atoms in total. The van der Waals surface area contributed by atoms with Crippen LogP contribution in [0.4, 0.5) is 14.5 Å². The van der Waals surface area contributed by atoms with Gasteiger partial charge in [-0.25, -0.2) is 8.78 Å². The van der Waals surface area contributed by atoms with Crippen molar-refractivity contribution in [3.05, 3.63) is 22.1 Å². The van der Waals surface area contributed by atoms with Crippen molar-refractivity contribution in [3.8, 4) is 5.75 Å². The molecule has 0 aromatic carbocycles. The van der Waals surface area contributed by atoms with E-state index in [4.69, 9.17) is 10.8 Å². The lowest BCUT2D eigenvalue weighted by atomic mass is 10.2. The Balaban J connectivity index is 3.43. The predicted molar refractivity (Wildman–Crippen MR) is 38.1 cm³/mol. The highest BCUT2D eigenvalue weighted by Crippen LogP contribution is 2.26. The molecule has 0 aliphatic heterocycles. The van der Waals surface area contributed by atoms with Crippen LogP contribution in [-0.4, -0.2) is 10.1 Å². The van der Waals surface area contributed by atoms with Gasteiger partial charge in [0.15, 0.2) is 5.75 Å². The van der Waals surface area contributed by atoms with E-state index >= 15 is 0 Å². The van der Waals surface area contributed by atoms with Gasteiger partial charge in [-0.3, -0.25) is 4.79 Å². The fourth-order valence-corrected chi connectivity index (χ4v) is 0.766.